The number of hydrogen-bond acceptors (Lipinski definition) is 4. The van der Waals surface area contributed by atoms with Crippen molar-refractivity contribution >= 4 is 5.91 Å². The molecule has 1 rings (SSSR count). The first-order valence-electron chi connectivity index (χ1n) is 7.15. The molecule has 1 N–H and O–H groups in total. The molecule has 112 valence electrons. The fraction of sp³-hybridized carbons (Fsp3) is 0.929. The normalized spacial score (nSPS) is 24.4. The maximum Gasteiger partial charge on any atom is 0.243 e. The van der Waals surface area contributed by atoms with E-state index in [-0.39, 0.29) is 17.5 Å². The summed E-state index contributed by atoms with van der Waals surface area (Å²) in [5.41, 5.74) is -0.379. The van der Waals surface area contributed by atoms with Crippen molar-refractivity contribution in [2.24, 2.45) is 0 Å². The Kier molecular flexibility index (Phi) is 6.75. The van der Waals surface area contributed by atoms with Gasteiger partial charge in [0.15, 0.2) is 0 Å². The van der Waals surface area contributed by atoms with E-state index >= 15 is 0 Å². The van der Waals surface area contributed by atoms with Crippen LogP contribution < -0.4 is 5.32 Å². The second-order valence-electron chi connectivity index (χ2n) is 5.26. The summed E-state index contributed by atoms with van der Waals surface area (Å²) >= 11 is 0. The quantitative estimate of drug-likeness (QED) is 0.717. The molecule has 0 aromatic carbocycles. The lowest BCUT2D eigenvalue weighted by molar-refractivity contribution is -0.142. The summed E-state index contributed by atoms with van der Waals surface area (Å²) in [6.45, 7) is 6.75. The lowest BCUT2D eigenvalue weighted by atomic mass is 9.92. The van der Waals surface area contributed by atoms with E-state index in [9.17, 15) is 4.79 Å². The first-order chi connectivity index (χ1) is 9.11. The molecule has 0 saturated carbocycles. The van der Waals surface area contributed by atoms with Crippen LogP contribution in [-0.4, -0.2) is 62.9 Å². The number of nitrogens with one attached hydrogen (secondary N) is 1. The Morgan fingerprint density at radius 2 is 2.16 bits per heavy atom. The maximum atomic E-state index is 12.9. The zero-order valence-electron chi connectivity index (χ0n) is 12.7. The Balaban J connectivity index is 2.79. The van der Waals surface area contributed by atoms with Gasteiger partial charge < -0.3 is 19.7 Å². The molecule has 2 unspecified atom stereocenters. The topological polar surface area (TPSA) is 50.8 Å². The van der Waals surface area contributed by atoms with Gasteiger partial charge in [-0.2, -0.15) is 0 Å². The molecule has 19 heavy (non-hydrogen) atoms. The minimum absolute atomic E-state index is 0.0680. The standard InChI is InChI=1S/C14H28N2O3/c1-5-14(7-6-8-15-14)13(17)16(9-10-18-3)12(2)11-19-4/h12,15H,5-11H2,1-4H3. The van der Waals surface area contributed by atoms with Crippen LogP contribution in [0, 0.1) is 0 Å². The van der Waals surface area contributed by atoms with Crippen LogP contribution in [0.15, 0.2) is 0 Å². The minimum atomic E-state index is -0.379. The van der Waals surface area contributed by atoms with Crippen LogP contribution in [0.5, 0.6) is 0 Å². The summed E-state index contributed by atoms with van der Waals surface area (Å²) in [7, 11) is 3.33. The van der Waals surface area contributed by atoms with Gasteiger partial charge in [0.25, 0.3) is 0 Å². The Morgan fingerprint density at radius 1 is 1.42 bits per heavy atom. The highest BCUT2D eigenvalue weighted by molar-refractivity contribution is 5.87. The summed E-state index contributed by atoms with van der Waals surface area (Å²) < 4.78 is 10.3. The van der Waals surface area contributed by atoms with Crippen LogP contribution in [0.2, 0.25) is 0 Å². The number of hydrogen-bond donors (Lipinski definition) is 1. The van der Waals surface area contributed by atoms with Gasteiger partial charge in [-0.25, -0.2) is 0 Å². The Morgan fingerprint density at radius 3 is 2.63 bits per heavy atom. The van der Waals surface area contributed by atoms with Gasteiger partial charge >= 0.3 is 0 Å². The van der Waals surface area contributed by atoms with Crippen molar-refractivity contribution in [2.75, 3.05) is 40.5 Å². The maximum absolute atomic E-state index is 12.9. The molecule has 1 amide bonds. The molecule has 1 heterocycles. The fourth-order valence-electron chi connectivity index (χ4n) is 2.76. The van der Waals surface area contributed by atoms with E-state index in [1.165, 1.54) is 0 Å². The zero-order chi connectivity index (χ0) is 14.3. The molecule has 0 radical (unpaired) electrons. The number of rotatable bonds is 8. The molecule has 5 heteroatoms. The van der Waals surface area contributed by atoms with Gasteiger partial charge in [-0.05, 0) is 32.7 Å². The Bertz CT molecular complexity index is 278. The summed E-state index contributed by atoms with van der Waals surface area (Å²) in [5.74, 6) is 0.189. The van der Waals surface area contributed by atoms with Gasteiger partial charge in [0, 0.05) is 20.8 Å². The van der Waals surface area contributed by atoms with Crippen molar-refractivity contribution in [1.82, 2.24) is 10.2 Å². The summed E-state index contributed by atoms with van der Waals surface area (Å²) in [6, 6.07) is 0.0680. The number of ether oxygens (including phenoxy) is 2. The summed E-state index contributed by atoms with van der Waals surface area (Å²) in [6.07, 6.45) is 2.82. The zero-order valence-corrected chi connectivity index (χ0v) is 12.7. The van der Waals surface area contributed by atoms with Crippen LogP contribution in [0.25, 0.3) is 0 Å². The van der Waals surface area contributed by atoms with Crippen molar-refractivity contribution in [1.29, 1.82) is 0 Å². The summed E-state index contributed by atoms with van der Waals surface area (Å²) in [4.78, 5) is 14.8. The SMILES string of the molecule is CCC1(C(=O)N(CCOC)C(C)COC)CCCN1. The van der Waals surface area contributed by atoms with Crippen molar-refractivity contribution < 1.29 is 14.3 Å². The highest BCUT2D eigenvalue weighted by Crippen LogP contribution is 2.26. The molecular weight excluding hydrogens is 244 g/mol. The molecule has 1 fully saturated rings. The minimum Gasteiger partial charge on any atom is -0.383 e. The second kappa shape index (κ2) is 7.82. The molecule has 1 saturated heterocycles. The van der Waals surface area contributed by atoms with E-state index in [4.69, 9.17) is 9.47 Å². The van der Waals surface area contributed by atoms with E-state index in [1.807, 2.05) is 11.8 Å². The Hall–Kier alpha value is -0.650. The molecule has 5 nitrogen and oxygen atoms in total. The second-order valence-corrected chi connectivity index (χ2v) is 5.26. The molecule has 0 spiro atoms. The highest BCUT2D eigenvalue weighted by atomic mass is 16.5. The van der Waals surface area contributed by atoms with Crippen LogP contribution in [0.4, 0.5) is 0 Å². The van der Waals surface area contributed by atoms with Crippen molar-refractivity contribution in [3.05, 3.63) is 0 Å². The molecule has 1 aliphatic heterocycles. The first-order valence-corrected chi connectivity index (χ1v) is 7.15. The van der Waals surface area contributed by atoms with Gasteiger partial charge in [0.2, 0.25) is 5.91 Å². The fourth-order valence-corrected chi connectivity index (χ4v) is 2.76. The number of carbonyl (C=O) groups is 1. The highest BCUT2D eigenvalue weighted by Gasteiger charge is 2.42. The van der Waals surface area contributed by atoms with E-state index in [0.717, 1.165) is 25.8 Å². The summed E-state index contributed by atoms with van der Waals surface area (Å²) in [5, 5.41) is 3.40. The van der Waals surface area contributed by atoms with Crippen molar-refractivity contribution in [3.8, 4) is 0 Å². The molecule has 0 aliphatic carbocycles. The van der Waals surface area contributed by atoms with Crippen LogP contribution in [-0.2, 0) is 14.3 Å². The smallest absolute Gasteiger partial charge is 0.243 e. The monoisotopic (exact) mass is 272 g/mol. The average Bonchev–Trinajstić information content (AvgIpc) is 2.89. The molecule has 0 aromatic rings. The van der Waals surface area contributed by atoms with Gasteiger partial charge in [-0.3, -0.25) is 4.79 Å². The van der Waals surface area contributed by atoms with E-state index in [0.29, 0.717) is 19.8 Å². The third-order valence-electron chi connectivity index (χ3n) is 3.99. The average molecular weight is 272 g/mol. The molecular formula is C14H28N2O3. The lowest BCUT2D eigenvalue weighted by Gasteiger charge is -2.37. The number of carbonyl (C=O) groups excluding carboxylic acids is 1. The molecule has 0 aromatic heterocycles. The predicted molar refractivity (Wildman–Crippen MR) is 75.2 cm³/mol. The van der Waals surface area contributed by atoms with Crippen LogP contribution in [0.3, 0.4) is 0 Å². The van der Waals surface area contributed by atoms with Crippen LogP contribution in [0.1, 0.15) is 33.1 Å². The van der Waals surface area contributed by atoms with Gasteiger partial charge in [-0.1, -0.05) is 6.92 Å². The van der Waals surface area contributed by atoms with Crippen molar-refractivity contribution in [3.63, 3.8) is 0 Å². The van der Waals surface area contributed by atoms with Gasteiger partial charge in [0.05, 0.1) is 24.8 Å². The van der Waals surface area contributed by atoms with Gasteiger partial charge in [-0.15, -0.1) is 0 Å². The van der Waals surface area contributed by atoms with Gasteiger partial charge in [0.1, 0.15) is 0 Å². The Labute approximate surface area is 116 Å². The number of methoxy groups -OCH3 is 2. The van der Waals surface area contributed by atoms with E-state index in [2.05, 4.69) is 12.2 Å². The number of amides is 1. The molecule has 2 atom stereocenters. The van der Waals surface area contributed by atoms with E-state index in [1.54, 1.807) is 14.2 Å². The molecule has 0 bridgehead atoms. The number of nitrogens with zero attached hydrogens (tertiary/aromatic N) is 1. The first kappa shape index (κ1) is 16.4. The largest absolute Gasteiger partial charge is 0.383 e. The lowest BCUT2D eigenvalue weighted by Crippen LogP contribution is -2.58. The third-order valence-corrected chi connectivity index (χ3v) is 3.99. The third kappa shape index (κ3) is 3.91. The van der Waals surface area contributed by atoms with E-state index < -0.39 is 0 Å². The predicted octanol–water partition coefficient (Wildman–Crippen LogP) is 1.03. The molecule has 1 aliphatic rings. The van der Waals surface area contributed by atoms with Crippen molar-refractivity contribution in [2.45, 2.75) is 44.7 Å². The van der Waals surface area contributed by atoms with Crippen LogP contribution >= 0.6 is 0 Å².